The van der Waals surface area contributed by atoms with Gasteiger partial charge in [-0.25, -0.2) is 13.2 Å². The molecule has 0 radical (unpaired) electrons. The van der Waals surface area contributed by atoms with Crippen molar-refractivity contribution in [2.45, 2.75) is 26.0 Å². The van der Waals surface area contributed by atoms with E-state index in [9.17, 15) is 18.0 Å². The van der Waals surface area contributed by atoms with Crippen LogP contribution in [0.15, 0.2) is 24.3 Å². The normalized spacial score (nSPS) is 14.5. The van der Waals surface area contributed by atoms with Gasteiger partial charge in [-0.05, 0) is 50.1 Å². The Labute approximate surface area is 179 Å². The molecule has 3 rings (SSSR count). The number of amides is 1. The summed E-state index contributed by atoms with van der Waals surface area (Å²) in [5.41, 5.74) is 0.872. The van der Waals surface area contributed by atoms with Crippen LogP contribution in [0.5, 0.6) is 11.5 Å². The molecule has 0 aliphatic carbocycles. The van der Waals surface area contributed by atoms with Crippen molar-refractivity contribution in [2.75, 3.05) is 30.9 Å². The zero-order valence-corrected chi connectivity index (χ0v) is 18.4. The van der Waals surface area contributed by atoms with Crippen LogP contribution in [0.25, 0.3) is 0 Å². The Kier molecular flexibility index (Phi) is 6.99. The van der Waals surface area contributed by atoms with E-state index in [2.05, 4.69) is 5.32 Å². The summed E-state index contributed by atoms with van der Waals surface area (Å²) in [5.74, 6) is -0.00815. The number of benzene rings is 1. The van der Waals surface area contributed by atoms with E-state index in [1.807, 2.05) is 6.92 Å². The minimum Gasteiger partial charge on any atom is -0.494 e. The molecule has 0 spiro atoms. The zero-order chi connectivity index (χ0) is 21.7. The highest BCUT2D eigenvalue weighted by Crippen LogP contribution is 2.38. The van der Waals surface area contributed by atoms with Crippen molar-refractivity contribution in [3.8, 4) is 11.5 Å². The van der Waals surface area contributed by atoms with Crippen molar-refractivity contribution in [3.05, 3.63) is 40.3 Å². The molecule has 1 amide bonds. The lowest BCUT2D eigenvalue weighted by molar-refractivity contribution is -0.118. The summed E-state index contributed by atoms with van der Waals surface area (Å²) in [6.07, 6.45) is 0.223. The molecule has 1 N–H and O–H groups in total. The smallest absolute Gasteiger partial charge is 0.341 e. The number of nitrogens with one attached hydrogen (secondary N) is 1. The third kappa shape index (κ3) is 5.31. The van der Waals surface area contributed by atoms with Gasteiger partial charge in [0.2, 0.25) is 0 Å². The van der Waals surface area contributed by atoms with E-state index in [0.29, 0.717) is 28.5 Å². The molecule has 2 aromatic rings. The van der Waals surface area contributed by atoms with Gasteiger partial charge in [-0.15, -0.1) is 11.3 Å². The lowest BCUT2D eigenvalue weighted by atomic mass is 10.1. The maximum absolute atomic E-state index is 12.4. The predicted octanol–water partition coefficient (Wildman–Crippen LogP) is 2.81. The van der Waals surface area contributed by atoms with Crippen molar-refractivity contribution in [1.29, 1.82) is 0 Å². The first-order chi connectivity index (χ1) is 14.3. The first kappa shape index (κ1) is 22.1. The number of carbonyl (C=O) groups is 2. The number of hydrogen-bond donors (Lipinski definition) is 1. The van der Waals surface area contributed by atoms with Crippen LogP contribution in [-0.4, -0.2) is 45.9 Å². The highest BCUT2D eigenvalue weighted by molar-refractivity contribution is 7.90. The molecular weight excluding hydrogens is 430 g/mol. The molecule has 1 aliphatic rings. The summed E-state index contributed by atoms with van der Waals surface area (Å²) >= 11 is 1.09. The Morgan fingerprint density at radius 3 is 2.37 bits per heavy atom. The highest BCUT2D eigenvalue weighted by atomic mass is 32.2. The molecule has 0 bridgehead atoms. The number of rotatable bonds is 8. The molecular formula is C20H23NO7S2. The Morgan fingerprint density at radius 2 is 1.73 bits per heavy atom. The summed E-state index contributed by atoms with van der Waals surface area (Å²) in [7, 11) is -3.21. The number of carbonyl (C=O) groups excluding carboxylic acids is 2. The van der Waals surface area contributed by atoms with Gasteiger partial charge in [0, 0.05) is 4.88 Å². The zero-order valence-electron chi connectivity index (χ0n) is 16.7. The molecule has 162 valence electrons. The van der Waals surface area contributed by atoms with Gasteiger partial charge in [-0.2, -0.15) is 0 Å². The molecule has 8 nitrogen and oxygen atoms in total. The van der Waals surface area contributed by atoms with Gasteiger partial charge in [-0.3, -0.25) is 4.79 Å². The number of esters is 1. The van der Waals surface area contributed by atoms with Crippen LogP contribution in [0.1, 0.15) is 34.6 Å². The van der Waals surface area contributed by atoms with Crippen LogP contribution in [-0.2, 0) is 31.5 Å². The number of sulfone groups is 1. The van der Waals surface area contributed by atoms with Gasteiger partial charge in [0.05, 0.1) is 30.3 Å². The second-order valence-corrected chi connectivity index (χ2v) is 9.80. The van der Waals surface area contributed by atoms with Gasteiger partial charge in [-0.1, -0.05) is 0 Å². The molecule has 1 aliphatic heterocycles. The Balaban J connectivity index is 1.72. The maximum atomic E-state index is 12.4. The van der Waals surface area contributed by atoms with Crippen LogP contribution >= 0.6 is 11.3 Å². The molecule has 1 aromatic carbocycles. The van der Waals surface area contributed by atoms with Crippen LogP contribution in [0.2, 0.25) is 0 Å². The molecule has 0 saturated carbocycles. The minimum atomic E-state index is -3.21. The van der Waals surface area contributed by atoms with Crippen LogP contribution in [0, 0.1) is 0 Å². The van der Waals surface area contributed by atoms with Gasteiger partial charge in [0.25, 0.3) is 5.91 Å². The summed E-state index contributed by atoms with van der Waals surface area (Å²) in [4.78, 5) is 25.4. The van der Waals surface area contributed by atoms with Gasteiger partial charge >= 0.3 is 5.97 Å². The highest BCUT2D eigenvalue weighted by Gasteiger charge is 2.32. The van der Waals surface area contributed by atoms with Crippen molar-refractivity contribution < 1.29 is 32.2 Å². The SMILES string of the molecule is CCOC(=O)c1c(NC(=O)COc2ccc(OCC)cc2)sc2c1CCS(=O)(=O)C2. The van der Waals surface area contributed by atoms with Crippen molar-refractivity contribution in [3.63, 3.8) is 0 Å². The largest absolute Gasteiger partial charge is 0.494 e. The molecule has 0 unspecified atom stereocenters. The molecule has 2 heterocycles. The number of fused-ring (bicyclic) bond motifs is 1. The molecule has 1 aromatic heterocycles. The van der Waals surface area contributed by atoms with E-state index in [-0.39, 0.29) is 41.7 Å². The Morgan fingerprint density at radius 1 is 1.07 bits per heavy atom. The van der Waals surface area contributed by atoms with Gasteiger partial charge in [0.1, 0.15) is 16.5 Å². The van der Waals surface area contributed by atoms with Crippen molar-refractivity contribution >= 4 is 38.1 Å². The summed E-state index contributed by atoms with van der Waals surface area (Å²) in [6.45, 7) is 4.03. The first-order valence-electron chi connectivity index (χ1n) is 9.50. The average molecular weight is 454 g/mol. The van der Waals surface area contributed by atoms with Crippen molar-refractivity contribution in [1.82, 2.24) is 0 Å². The van der Waals surface area contributed by atoms with Gasteiger partial charge < -0.3 is 19.5 Å². The Hall–Kier alpha value is -2.59. The third-order valence-corrected chi connectivity index (χ3v) is 7.23. The number of thiophene rings is 1. The lowest BCUT2D eigenvalue weighted by Gasteiger charge is -2.13. The lowest BCUT2D eigenvalue weighted by Crippen LogP contribution is -2.22. The van der Waals surface area contributed by atoms with E-state index in [1.165, 1.54) is 0 Å². The summed E-state index contributed by atoms with van der Waals surface area (Å²) in [5, 5.41) is 2.96. The van der Waals surface area contributed by atoms with Gasteiger partial charge in [0.15, 0.2) is 16.4 Å². The fourth-order valence-electron chi connectivity index (χ4n) is 3.04. The quantitative estimate of drug-likeness (QED) is 0.612. The van der Waals surface area contributed by atoms with E-state index < -0.39 is 21.7 Å². The van der Waals surface area contributed by atoms with Crippen LogP contribution < -0.4 is 14.8 Å². The summed E-state index contributed by atoms with van der Waals surface area (Å²) < 4.78 is 39.8. The van der Waals surface area contributed by atoms with E-state index in [0.717, 1.165) is 11.3 Å². The first-order valence-corrected chi connectivity index (χ1v) is 12.1. The third-order valence-electron chi connectivity index (χ3n) is 4.34. The fourth-order valence-corrected chi connectivity index (χ4v) is 6.10. The second kappa shape index (κ2) is 9.48. The van der Waals surface area contributed by atoms with E-state index in [4.69, 9.17) is 14.2 Å². The monoisotopic (exact) mass is 453 g/mol. The second-order valence-electron chi connectivity index (χ2n) is 6.51. The topological polar surface area (TPSA) is 108 Å². The standard InChI is InChI=1S/C20H23NO7S2/c1-3-26-13-5-7-14(8-6-13)28-11-17(22)21-19-18(20(23)27-4-2)15-9-10-30(24,25)12-16(15)29-19/h5-8H,3-4,9-12H2,1-2H3,(H,21,22). The molecule has 10 heteroatoms. The molecule has 0 fully saturated rings. The maximum Gasteiger partial charge on any atom is 0.341 e. The molecule has 30 heavy (non-hydrogen) atoms. The van der Waals surface area contributed by atoms with Crippen LogP contribution in [0.3, 0.4) is 0 Å². The predicted molar refractivity (Wildman–Crippen MR) is 113 cm³/mol. The molecule has 0 saturated heterocycles. The van der Waals surface area contributed by atoms with Crippen molar-refractivity contribution in [2.24, 2.45) is 0 Å². The number of ether oxygens (including phenoxy) is 3. The number of hydrogen-bond acceptors (Lipinski definition) is 8. The fraction of sp³-hybridized carbons (Fsp3) is 0.400. The van der Waals surface area contributed by atoms with Crippen LogP contribution in [0.4, 0.5) is 5.00 Å². The Bertz CT molecular complexity index is 1030. The molecule has 0 atom stereocenters. The van der Waals surface area contributed by atoms with E-state index >= 15 is 0 Å². The summed E-state index contributed by atoms with van der Waals surface area (Å²) in [6, 6.07) is 6.86. The number of anilines is 1. The van der Waals surface area contributed by atoms with E-state index in [1.54, 1.807) is 31.2 Å². The minimum absolute atomic E-state index is 0.0304. The average Bonchev–Trinajstić information content (AvgIpc) is 3.03.